The lowest BCUT2D eigenvalue weighted by Gasteiger charge is -2.33. The molecule has 4 rings (SSSR count). The maximum Gasteiger partial charge on any atom is 0.266 e. The van der Waals surface area contributed by atoms with Crippen molar-refractivity contribution in [3.63, 3.8) is 0 Å². The number of carbonyl (C=O) groups excluding carboxylic acids is 1. The number of amides is 1. The molecular weight excluding hydrogens is 390 g/mol. The number of carbonyl (C=O) groups is 1. The lowest BCUT2D eigenvalue weighted by Crippen LogP contribution is -2.43. The summed E-state index contributed by atoms with van der Waals surface area (Å²) in [6.45, 7) is 2.90. The van der Waals surface area contributed by atoms with E-state index in [0.717, 1.165) is 30.7 Å². The predicted molar refractivity (Wildman–Crippen MR) is 111 cm³/mol. The number of benzene rings is 1. The maximum atomic E-state index is 12.7. The zero-order valence-electron chi connectivity index (χ0n) is 16.4. The molecule has 1 atom stereocenters. The van der Waals surface area contributed by atoms with Crippen LogP contribution in [-0.4, -0.2) is 55.8 Å². The summed E-state index contributed by atoms with van der Waals surface area (Å²) in [4.78, 5) is 35.6. The monoisotopic (exact) mass is 413 g/mol. The Morgan fingerprint density at radius 1 is 1.28 bits per heavy atom. The molecule has 3 heterocycles. The fourth-order valence-electron chi connectivity index (χ4n) is 3.53. The minimum Gasteiger partial charge on any atom is -0.497 e. The van der Waals surface area contributed by atoms with Gasteiger partial charge >= 0.3 is 0 Å². The Kier molecular flexibility index (Phi) is 5.57. The first-order valence-electron chi connectivity index (χ1n) is 9.61. The lowest BCUT2D eigenvalue weighted by molar-refractivity contribution is -0.131. The zero-order chi connectivity index (χ0) is 20.4. The molecule has 152 valence electrons. The topological polar surface area (TPSA) is 92.6 Å². The van der Waals surface area contributed by atoms with Gasteiger partial charge in [-0.2, -0.15) is 0 Å². The molecule has 0 saturated carbocycles. The van der Waals surface area contributed by atoms with Crippen molar-refractivity contribution in [2.24, 2.45) is 0 Å². The number of aromatic amines is 1. The predicted octanol–water partition coefficient (Wildman–Crippen LogP) is 2.59. The van der Waals surface area contributed by atoms with Gasteiger partial charge in [0.2, 0.25) is 5.91 Å². The minimum atomic E-state index is -0.260. The normalized spacial score (nSPS) is 16.9. The highest BCUT2D eigenvalue weighted by molar-refractivity contribution is 7.99. The summed E-state index contributed by atoms with van der Waals surface area (Å²) in [5, 5.41) is 3.24. The molecule has 1 aliphatic heterocycles. The first kappa shape index (κ1) is 19.5. The summed E-state index contributed by atoms with van der Waals surface area (Å²) < 4.78 is 6.73. The van der Waals surface area contributed by atoms with Crippen LogP contribution >= 0.6 is 11.8 Å². The second-order valence-corrected chi connectivity index (χ2v) is 8.04. The van der Waals surface area contributed by atoms with Crippen molar-refractivity contribution in [2.75, 3.05) is 19.4 Å². The van der Waals surface area contributed by atoms with Crippen LogP contribution in [-0.2, 0) is 4.79 Å². The summed E-state index contributed by atoms with van der Waals surface area (Å²) in [5.74, 6) is 1.59. The Morgan fingerprint density at radius 2 is 2.07 bits per heavy atom. The van der Waals surface area contributed by atoms with Gasteiger partial charge in [-0.15, -0.1) is 0 Å². The highest BCUT2D eigenvalue weighted by Crippen LogP contribution is 2.24. The third kappa shape index (κ3) is 4.14. The first-order chi connectivity index (χ1) is 14.0. The molecule has 9 heteroatoms. The van der Waals surface area contributed by atoms with Gasteiger partial charge in [-0.3, -0.25) is 14.7 Å². The van der Waals surface area contributed by atoms with Crippen molar-refractivity contribution < 1.29 is 9.53 Å². The number of fused-ring (bicyclic) bond motifs is 1. The van der Waals surface area contributed by atoms with Gasteiger partial charge in [0.25, 0.3) is 5.56 Å². The van der Waals surface area contributed by atoms with Crippen molar-refractivity contribution in [1.82, 2.24) is 24.5 Å². The Morgan fingerprint density at radius 3 is 2.79 bits per heavy atom. The van der Waals surface area contributed by atoms with Crippen molar-refractivity contribution in [3.05, 3.63) is 40.7 Å². The first-order valence-corrected chi connectivity index (χ1v) is 10.6. The third-order valence-corrected chi connectivity index (χ3v) is 6.04. The molecule has 1 amide bonds. The quantitative estimate of drug-likeness (QED) is 0.647. The highest BCUT2D eigenvalue weighted by Gasteiger charge is 2.23. The summed E-state index contributed by atoms with van der Waals surface area (Å²) in [6.07, 6.45) is 3.26. The van der Waals surface area contributed by atoms with E-state index in [4.69, 9.17) is 4.74 Å². The highest BCUT2D eigenvalue weighted by atomic mass is 32.2. The molecule has 1 unspecified atom stereocenters. The van der Waals surface area contributed by atoms with E-state index in [2.05, 4.69) is 22.0 Å². The number of hydrogen-bond donors (Lipinski definition) is 1. The number of H-pyrrole nitrogens is 1. The molecule has 0 spiro atoms. The second-order valence-electron chi connectivity index (χ2n) is 7.09. The van der Waals surface area contributed by atoms with Gasteiger partial charge in [0, 0.05) is 24.2 Å². The molecule has 1 fully saturated rings. The van der Waals surface area contributed by atoms with Crippen molar-refractivity contribution in [2.45, 2.75) is 37.4 Å². The molecule has 29 heavy (non-hydrogen) atoms. The van der Waals surface area contributed by atoms with Crippen molar-refractivity contribution in [3.8, 4) is 17.1 Å². The smallest absolute Gasteiger partial charge is 0.266 e. The van der Waals surface area contributed by atoms with Gasteiger partial charge < -0.3 is 9.64 Å². The Balaban J connectivity index is 1.62. The van der Waals surface area contributed by atoms with Gasteiger partial charge in [0.15, 0.2) is 16.6 Å². The molecule has 1 N–H and O–H groups in total. The maximum absolute atomic E-state index is 12.7. The third-order valence-electron chi connectivity index (χ3n) is 5.12. The van der Waals surface area contributed by atoms with Gasteiger partial charge in [-0.1, -0.05) is 11.8 Å². The Hall–Kier alpha value is -2.81. The molecule has 0 aliphatic carbocycles. The van der Waals surface area contributed by atoms with Gasteiger partial charge in [0.05, 0.1) is 12.9 Å². The number of hydrogen-bond acceptors (Lipinski definition) is 6. The van der Waals surface area contributed by atoms with Crippen LogP contribution in [0.25, 0.3) is 17.0 Å². The number of likely N-dealkylation sites (tertiary alicyclic amines) is 1. The second kappa shape index (κ2) is 8.28. The van der Waals surface area contributed by atoms with Gasteiger partial charge in [-0.05, 0) is 50.5 Å². The van der Waals surface area contributed by atoms with Crippen LogP contribution in [0.2, 0.25) is 0 Å². The van der Waals surface area contributed by atoms with Crippen LogP contribution in [0.4, 0.5) is 0 Å². The van der Waals surface area contributed by atoms with Gasteiger partial charge in [-0.25, -0.2) is 14.5 Å². The van der Waals surface area contributed by atoms with Crippen LogP contribution < -0.4 is 10.3 Å². The molecule has 0 radical (unpaired) electrons. The number of aromatic nitrogens is 4. The van der Waals surface area contributed by atoms with E-state index < -0.39 is 0 Å². The zero-order valence-corrected chi connectivity index (χ0v) is 17.2. The molecule has 1 aromatic carbocycles. The minimum absolute atomic E-state index is 0.0921. The van der Waals surface area contributed by atoms with E-state index >= 15 is 0 Å². The van der Waals surface area contributed by atoms with Crippen LogP contribution in [0.3, 0.4) is 0 Å². The number of methoxy groups -OCH3 is 1. The van der Waals surface area contributed by atoms with Crippen LogP contribution in [0.5, 0.6) is 5.75 Å². The van der Waals surface area contributed by atoms with Crippen molar-refractivity contribution >= 4 is 23.3 Å². The molecule has 1 aliphatic rings. The number of thioether (sulfide) groups is 1. The van der Waals surface area contributed by atoms with Gasteiger partial charge in [0.1, 0.15) is 5.75 Å². The molecular formula is C20H23N5O3S. The fraction of sp³-hybridized carbons (Fsp3) is 0.400. The summed E-state index contributed by atoms with van der Waals surface area (Å²) >= 11 is 1.31. The average molecular weight is 414 g/mol. The molecule has 8 nitrogen and oxygen atoms in total. The lowest BCUT2D eigenvalue weighted by atomic mass is 10.0. The number of nitrogens with zero attached hydrogens (tertiary/aromatic N) is 4. The van der Waals surface area contributed by atoms with E-state index in [-0.39, 0.29) is 23.3 Å². The largest absolute Gasteiger partial charge is 0.497 e. The average Bonchev–Trinajstić information content (AvgIpc) is 3.12. The molecule has 0 bridgehead atoms. The fourth-order valence-corrected chi connectivity index (χ4v) is 4.37. The summed E-state index contributed by atoms with van der Waals surface area (Å²) in [6, 6.07) is 9.09. The number of ether oxygens (including phenoxy) is 1. The Labute approximate surface area is 172 Å². The van der Waals surface area contributed by atoms with E-state index in [9.17, 15) is 9.59 Å². The standard InChI is InChI=1S/C20H23N5O3S/c1-13-5-3-4-10-24(13)18(27)12-29-20-22-19(14-6-8-15(28-2)9-7-14)21-16-11-17(26)23-25(16)20/h6-9,11,13H,3-5,10,12H2,1-2H3,(H,23,26). The van der Waals surface area contributed by atoms with E-state index in [1.54, 1.807) is 7.11 Å². The van der Waals surface area contributed by atoms with Crippen LogP contribution in [0.1, 0.15) is 26.2 Å². The number of rotatable bonds is 5. The van der Waals surface area contributed by atoms with Crippen LogP contribution in [0.15, 0.2) is 40.3 Å². The van der Waals surface area contributed by atoms with Crippen LogP contribution in [0, 0.1) is 0 Å². The van der Waals surface area contributed by atoms with Crippen molar-refractivity contribution in [1.29, 1.82) is 0 Å². The summed E-state index contributed by atoms with van der Waals surface area (Å²) in [5.41, 5.74) is 1.01. The summed E-state index contributed by atoms with van der Waals surface area (Å²) in [7, 11) is 1.61. The van der Waals surface area contributed by atoms with E-state index in [1.165, 1.54) is 28.8 Å². The molecule has 2 aromatic heterocycles. The number of piperidine rings is 1. The molecule has 3 aromatic rings. The molecule has 1 saturated heterocycles. The number of nitrogens with one attached hydrogen (secondary N) is 1. The SMILES string of the molecule is COc1ccc(-c2nc(SCC(=O)N3CCCCC3C)n3[nH]c(=O)cc3n2)cc1. The van der Waals surface area contributed by atoms with E-state index in [0.29, 0.717) is 16.6 Å². The van der Waals surface area contributed by atoms with E-state index in [1.807, 2.05) is 29.2 Å². The Bertz CT molecular complexity index is 1080.